The van der Waals surface area contributed by atoms with Crippen LogP contribution in [-0.2, 0) is 0 Å². The van der Waals surface area contributed by atoms with E-state index in [0.717, 1.165) is 4.90 Å². The van der Waals surface area contributed by atoms with Crippen molar-refractivity contribution in [1.82, 2.24) is 9.80 Å². The van der Waals surface area contributed by atoms with Gasteiger partial charge >= 0.3 is 0 Å². The maximum absolute atomic E-state index is 12.9. The van der Waals surface area contributed by atoms with E-state index >= 15 is 0 Å². The van der Waals surface area contributed by atoms with E-state index in [0.29, 0.717) is 42.4 Å². The molecule has 0 fully saturated rings. The number of benzene rings is 2. The summed E-state index contributed by atoms with van der Waals surface area (Å²) in [5.41, 5.74) is 0.596. The van der Waals surface area contributed by atoms with Gasteiger partial charge in [0.25, 0.3) is 11.8 Å². The highest BCUT2D eigenvalue weighted by atomic mass is 16.8. The number of hydrogen-bond donors (Lipinski definition) is 4. The van der Waals surface area contributed by atoms with Gasteiger partial charge in [-0.15, -0.1) is 0 Å². The lowest BCUT2D eigenvalue weighted by molar-refractivity contribution is -0.991. The van der Waals surface area contributed by atoms with Crippen molar-refractivity contribution < 1.29 is 30.2 Å². The molecule has 0 spiro atoms. The second kappa shape index (κ2) is 8.74. The van der Waals surface area contributed by atoms with E-state index in [1.54, 1.807) is 18.2 Å². The average Bonchev–Trinajstić information content (AvgIpc) is 2.68. The van der Waals surface area contributed by atoms with Crippen LogP contribution in [-0.4, -0.2) is 76.4 Å². The largest absolute Gasteiger partial charge is 0.595 e. The Morgan fingerprint density at radius 1 is 1.00 bits per heavy atom. The first kappa shape index (κ1) is 20.3. The number of quaternary nitrogens is 1. The first-order valence-electron chi connectivity index (χ1n) is 9.08. The van der Waals surface area contributed by atoms with E-state index in [9.17, 15) is 20.0 Å². The Labute approximate surface area is 161 Å². The van der Waals surface area contributed by atoms with Crippen molar-refractivity contribution in [3.05, 3.63) is 46.7 Å². The molecule has 28 heavy (non-hydrogen) atoms. The maximum Gasteiger partial charge on any atom is 0.261 e. The van der Waals surface area contributed by atoms with Crippen LogP contribution in [0.1, 0.15) is 27.1 Å². The molecule has 0 bridgehead atoms. The van der Waals surface area contributed by atoms with Gasteiger partial charge in [0.05, 0.1) is 18.8 Å². The molecule has 1 unspecified atom stereocenters. The Morgan fingerprint density at radius 3 is 2.32 bits per heavy atom. The number of amides is 2. The number of aliphatic hydroxyl groups excluding tert-OH is 2. The van der Waals surface area contributed by atoms with Crippen molar-refractivity contribution in [2.45, 2.75) is 6.42 Å². The number of nitrogens with zero attached hydrogens (tertiary/aromatic N) is 2. The fourth-order valence-corrected chi connectivity index (χ4v) is 3.56. The molecule has 0 aromatic heterocycles. The summed E-state index contributed by atoms with van der Waals surface area (Å²) >= 11 is 0. The highest BCUT2D eigenvalue weighted by Gasteiger charge is 2.33. The molecule has 0 aliphatic carbocycles. The quantitative estimate of drug-likeness (QED) is 0.337. The Morgan fingerprint density at radius 2 is 1.68 bits per heavy atom. The number of hydrogen-bond acceptors (Lipinski definition) is 7. The number of nitrogens with one attached hydrogen (secondary N) is 1. The van der Waals surface area contributed by atoms with Gasteiger partial charge in [0.1, 0.15) is 0 Å². The topological polar surface area (TPSA) is 129 Å². The first-order chi connectivity index (χ1) is 13.5. The normalized spacial score (nSPS) is 15.0. The van der Waals surface area contributed by atoms with Gasteiger partial charge in [-0.05, 0) is 17.9 Å². The maximum atomic E-state index is 12.9. The van der Waals surface area contributed by atoms with Gasteiger partial charge in [0, 0.05) is 49.3 Å². The predicted octanol–water partition coefficient (Wildman–Crippen LogP) is -0.484. The van der Waals surface area contributed by atoms with Crippen LogP contribution in [0.4, 0.5) is 5.69 Å². The lowest BCUT2D eigenvalue weighted by atomic mass is 9.93. The highest BCUT2D eigenvalue weighted by molar-refractivity contribution is 6.25. The van der Waals surface area contributed by atoms with Gasteiger partial charge in [-0.25, -0.2) is 5.21 Å². The summed E-state index contributed by atoms with van der Waals surface area (Å²) in [6.45, 7) is 1.37. The zero-order chi connectivity index (χ0) is 20.3. The summed E-state index contributed by atoms with van der Waals surface area (Å²) in [6.07, 6.45) is 0.474. The van der Waals surface area contributed by atoms with Gasteiger partial charge in [-0.3, -0.25) is 19.4 Å². The molecule has 2 aromatic rings. The summed E-state index contributed by atoms with van der Waals surface area (Å²) in [4.78, 5) is 28.8. The van der Waals surface area contributed by atoms with Crippen LogP contribution in [0.3, 0.4) is 0 Å². The van der Waals surface area contributed by atoms with E-state index in [1.165, 1.54) is 12.1 Å². The fourth-order valence-electron chi connectivity index (χ4n) is 3.56. The van der Waals surface area contributed by atoms with Gasteiger partial charge in [-0.1, -0.05) is 12.1 Å². The molecule has 1 aliphatic heterocycles. The monoisotopic (exact) mass is 389 g/mol. The molecule has 1 aliphatic rings. The molecule has 9 nitrogen and oxygen atoms in total. The summed E-state index contributed by atoms with van der Waals surface area (Å²) in [5, 5.41) is 38.8. The third-order valence-corrected chi connectivity index (χ3v) is 4.86. The molecule has 9 heteroatoms. The van der Waals surface area contributed by atoms with Crippen molar-refractivity contribution in [3.8, 4) is 0 Å². The minimum atomic E-state index is -1.14. The van der Waals surface area contributed by atoms with E-state index in [4.69, 9.17) is 10.2 Å². The highest BCUT2D eigenvalue weighted by Crippen LogP contribution is 2.32. The van der Waals surface area contributed by atoms with Crippen LogP contribution in [0, 0.1) is 5.21 Å². The van der Waals surface area contributed by atoms with E-state index in [-0.39, 0.29) is 31.0 Å². The molecular weight excluding hydrogens is 366 g/mol. The number of carbonyl (C=O) groups is 2. The van der Waals surface area contributed by atoms with Crippen LogP contribution in [0.15, 0.2) is 30.3 Å². The lowest BCUT2D eigenvalue weighted by Gasteiger charge is -2.29. The molecule has 2 aromatic carbocycles. The van der Waals surface area contributed by atoms with Crippen molar-refractivity contribution in [1.29, 1.82) is 0 Å². The van der Waals surface area contributed by atoms with Gasteiger partial charge in [0.2, 0.25) is 0 Å². The minimum absolute atomic E-state index is 0.000587. The minimum Gasteiger partial charge on any atom is -0.595 e. The van der Waals surface area contributed by atoms with Crippen LogP contribution in [0.25, 0.3) is 10.8 Å². The van der Waals surface area contributed by atoms with Crippen molar-refractivity contribution >= 4 is 28.3 Å². The summed E-state index contributed by atoms with van der Waals surface area (Å²) in [6, 6.07) is 7.77. The molecule has 1 atom stereocenters. The average molecular weight is 389 g/mol. The zero-order valence-corrected chi connectivity index (χ0v) is 15.3. The van der Waals surface area contributed by atoms with Crippen LogP contribution < -0.4 is 5.23 Å². The SMILES string of the molecule is O=C1c2cccc3cc([NH+]([O-])O)cc(c23)C(=O)N1CCCN(CCO)CCO. The number of imide groups is 1. The van der Waals surface area contributed by atoms with Gasteiger partial charge < -0.3 is 15.4 Å². The lowest BCUT2D eigenvalue weighted by Crippen LogP contribution is -2.99. The summed E-state index contributed by atoms with van der Waals surface area (Å²) < 4.78 is 0. The molecule has 0 saturated heterocycles. The summed E-state index contributed by atoms with van der Waals surface area (Å²) in [7, 11) is 0. The van der Waals surface area contributed by atoms with Crippen molar-refractivity contribution in [2.75, 3.05) is 39.4 Å². The number of rotatable bonds is 9. The predicted molar refractivity (Wildman–Crippen MR) is 100 cm³/mol. The Balaban J connectivity index is 1.86. The molecule has 1 heterocycles. The van der Waals surface area contributed by atoms with E-state index in [1.807, 2.05) is 4.90 Å². The molecule has 4 N–H and O–H groups in total. The summed E-state index contributed by atoms with van der Waals surface area (Å²) in [5.74, 6) is -0.908. The zero-order valence-electron chi connectivity index (χ0n) is 15.3. The van der Waals surface area contributed by atoms with E-state index in [2.05, 4.69) is 0 Å². The fraction of sp³-hybridized carbons (Fsp3) is 0.368. The molecule has 2 amide bonds. The van der Waals surface area contributed by atoms with Crippen LogP contribution >= 0.6 is 0 Å². The molecule has 150 valence electrons. The molecule has 3 rings (SSSR count). The van der Waals surface area contributed by atoms with E-state index < -0.39 is 17.0 Å². The molecule has 0 saturated carbocycles. The van der Waals surface area contributed by atoms with Crippen molar-refractivity contribution in [2.24, 2.45) is 0 Å². The second-order valence-electron chi connectivity index (χ2n) is 6.64. The number of aliphatic hydroxyl groups is 2. The molecule has 0 radical (unpaired) electrons. The van der Waals surface area contributed by atoms with Gasteiger partial charge in [-0.2, -0.15) is 5.23 Å². The Kier molecular flexibility index (Phi) is 6.35. The van der Waals surface area contributed by atoms with Crippen LogP contribution in [0.5, 0.6) is 0 Å². The van der Waals surface area contributed by atoms with Crippen LogP contribution in [0.2, 0.25) is 0 Å². The second-order valence-corrected chi connectivity index (χ2v) is 6.64. The Bertz CT molecular complexity index is 879. The third kappa shape index (κ3) is 3.90. The smallest absolute Gasteiger partial charge is 0.261 e. The number of carbonyl (C=O) groups excluding carboxylic acids is 2. The van der Waals surface area contributed by atoms with Crippen molar-refractivity contribution in [3.63, 3.8) is 0 Å². The Hall–Kier alpha value is -2.40. The third-order valence-electron chi connectivity index (χ3n) is 4.86. The molecular formula is C19H23N3O6. The standard InChI is InChI=1S/C19H23N3O6/c23-9-7-20(8-10-24)5-2-6-21-18(25)15-4-1-3-13-11-14(22(27)28)12-16(17(13)15)19(21)26/h1,3-4,11-12,22-24,27H,2,5-10H2. The first-order valence-corrected chi connectivity index (χ1v) is 9.08. The van der Waals surface area contributed by atoms with Gasteiger partial charge in [0.15, 0.2) is 5.69 Å².